The van der Waals surface area contributed by atoms with Gasteiger partial charge in [0.25, 0.3) is 5.78 Å². The van der Waals surface area contributed by atoms with E-state index in [4.69, 9.17) is 0 Å². The fraction of sp³-hybridized carbons (Fsp3) is 0.455. The summed E-state index contributed by atoms with van der Waals surface area (Å²) in [6.07, 6.45) is 3.44. The number of fused-ring (bicyclic) bond motifs is 1. The molecule has 0 aliphatic rings. The van der Waals surface area contributed by atoms with Crippen LogP contribution in [0.4, 0.5) is 0 Å². The quantitative estimate of drug-likeness (QED) is 0.839. The van der Waals surface area contributed by atoms with Crippen molar-refractivity contribution < 1.29 is 4.79 Å². The number of carbonyl (C=O) groups is 1. The Morgan fingerprint density at radius 3 is 2.89 bits per heavy atom. The molecule has 2 rings (SSSR count). The first-order valence-electron chi connectivity index (χ1n) is 5.70. The van der Waals surface area contributed by atoms with Gasteiger partial charge in [-0.15, -0.1) is 5.10 Å². The van der Waals surface area contributed by atoms with Gasteiger partial charge in [0.2, 0.25) is 11.1 Å². The Morgan fingerprint density at radius 1 is 1.44 bits per heavy atom. The summed E-state index contributed by atoms with van der Waals surface area (Å²) >= 11 is 1.32. The minimum Gasteiger partial charge on any atom is -0.353 e. The van der Waals surface area contributed by atoms with Crippen molar-refractivity contribution in [2.75, 3.05) is 0 Å². The number of nitrogens with zero attached hydrogens (tertiary/aromatic N) is 4. The van der Waals surface area contributed by atoms with Gasteiger partial charge in [0.15, 0.2) is 0 Å². The first-order valence-corrected chi connectivity index (χ1v) is 6.58. The Bertz CT molecular complexity index is 520. The van der Waals surface area contributed by atoms with Gasteiger partial charge in [-0.1, -0.05) is 11.8 Å². The molecule has 7 heteroatoms. The van der Waals surface area contributed by atoms with Crippen LogP contribution in [-0.4, -0.2) is 36.8 Å². The number of nitrogens with one attached hydrogen (secondary N) is 1. The molecule has 0 bridgehead atoms. The topological polar surface area (TPSA) is 72.2 Å². The third-order valence-electron chi connectivity index (χ3n) is 2.18. The van der Waals surface area contributed by atoms with Crippen LogP contribution in [0.15, 0.2) is 23.6 Å². The molecule has 1 unspecified atom stereocenters. The summed E-state index contributed by atoms with van der Waals surface area (Å²) in [5.74, 6) is 0.526. The predicted molar refractivity (Wildman–Crippen MR) is 69.4 cm³/mol. The van der Waals surface area contributed by atoms with Crippen molar-refractivity contribution >= 4 is 23.4 Å². The zero-order valence-corrected chi connectivity index (χ0v) is 11.3. The molecule has 18 heavy (non-hydrogen) atoms. The van der Waals surface area contributed by atoms with E-state index in [1.165, 1.54) is 11.8 Å². The van der Waals surface area contributed by atoms with Gasteiger partial charge in [-0.25, -0.2) is 9.50 Å². The van der Waals surface area contributed by atoms with Crippen LogP contribution in [0.3, 0.4) is 0 Å². The van der Waals surface area contributed by atoms with Gasteiger partial charge < -0.3 is 5.32 Å². The SMILES string of the molecule is CC(C)NC(=O)C(C)Sc1nc2ncccn2n1. The summed E-state index contributed by atoms with van der Waals surface area (Å²) in [6.45, 7) is 5.70. The summed E-state index contributed by atoms with van der Waals surface area (Å²) in [5, 5.41) is 7.42. The van der Waals surface area contributed by atoms with Crippen LogP contribution in [-0.2, 0) is 4.79 Å². The van der Waals surface area contributed by atoms with Crippen molar-refractivity contribution in [1.29, 1.82) is 0 Å². The predicted octanol–water partition coefficient (Wildman–Crippen LogP) is 1.13. The van der Waals surface area contributed by atoms with E-state index in [0.717, 1.165) is 0 Å². The van der Waals surface area contributed by atoms with E-state index in [1.54, 1.807) is 23.0 Å². The van der Waals surface area contributed by atoms with Crippen LogP contribution >= 0.6 is 11.8 Å². The number of thioether (sulfide) groups is 1. The Kier molecular flexibility index (Phi) is 3.81. The lowest BCUT2D eigenvalue weighted by Gasteiger charge is -2.12. The summed E-state index contributed by atoms with van der Waals surface area (Å²) < 4.78 is 1.59. The molecular formula is C11H15N5OS. The van der Waals surface area contributed by atoms with E-state index >= 15 is 0 Å². The summed E-state index contributed by atoms with van der Waals surface area (Å²) in [6, 6.07) is 1.92. The largest absolute Gasteiger partial charge is 0.353 e. The standard InChI is InChI=1S/C11H15N5OS/c1-7(2)13-9(17)8(3)18-11-14-10-12-5-4-6-16(10)15-11/h4-8H,1-3H3,(H,13,17). The van der Waals surface area contributed by atoms with Crippen LogP contribution < -0.4 is 5.32 Å². The average molecular weight is 265 g/mol. The molecule has 0 spiro atoms. The molecule has 2 aromatic rings. The Labute approximate surface area is 109 Å². The average Bonchev–Trinajstić information content (AvgIpc) is 2.69. The lowest BCUT2D eigenvalue weighted by molar-refractivity contribution is -0.120. The number of hydrogen-bond donors (Lipinski definition) is 1. The van der Waals surface area contributed by atoms with E-state index in [-0.39, 0.29) is 17.2 Å². The molecule has 1 atom stereocenters. The molecule has 6 nitrogen and oxygen atoms in total. The summed E-state index contributed by atoms with van der Waals surface area (Å²) in [4.78, 5) is 20.1. The maximum atomic E-state index is 11.8. The molecule has 96 valence electrons. The van der Waals surface area contributed by atoms with Gasteiger partial charge in [0.1, 0.15) is 0 Å². The highest BCUT2D eigenvalue weighted by atomic mass is 32.2. The normalized spacial score (nSPS) is 12.9. The third kappa shape index (κ3) is 2.98. The second-order valence-corrected chi connectivity index (χ2v) is 5.49. The van der Waals surface area contributed by atoms with Gasteiger partial charge in [0.05, 0.1) is 5.25 Å². The number of aromatic nitrogens is 4. The minimum atomic E-state index is -0.232. The van der Waals surface area contributed by atoms with Gasteiger partial charge in [-0.2, -0.15) is 4.98 Å². The molecule has 0 fully saturated rings. The second kappa shape index (κ2) is 5.34. The van der Waals surface area contributed by atoms with Gasteiger partial charge in [-0.05, 0) is 26.8 Å². The lowest BCUT2D eigenvalue weighted by Crippen LogP contribution is -2.35. The molecule has 0 saturated carbocycles. The van der Waals surface area contributed by atoms with Crippen LogP contribution in [0.1, 0.15) is 20.8 Å². The van der Waals surface area contributed by atoms with Crippen molar-refractivity contribution in [3.63, 3.8) is 0 Å². The molecule has 2 heterocycles. The van der Waals surface area contributed by atoms with Crippen molar-refractivity contribution in [3.8, 4) is 0 Å². The number of rotatable bonds is 4. The Hall–Kier alpha value is -1.63. The number of carbonyl (C=O) groups excluding carboxylic acids is 1. The van der Waals surface area contributed by atoms with Gasteiger partial charge in [-0.3, -0.25) is 4.79 Å². The molecule has 1 amide bonds. The number of hydrogen-bond acceptors (Lipinski definition) is 5. The smallest absolute Gasteiger partial charge is 0.253 e. The molecule has 1 N–H and O–H groups in total. The minimum absolute atomic E-state index is 0.0122. The molecular weight excluding hydrogens is 250 g/mol. The van der Waals surface area contributed by atoms with Crippen molar-refractivity contribution in [1.82, 2.24) is 24.9 Å². The lowest BCUT2D eigenvalue weighted by atomic mass is 10.3. The van der Waals surface area contributed by atoms with Crippen molar-refractivity contribution in [2.45, 2.75) is 37.2 Å². The van der Waals surface area contributed by atoms with Crippen LogP contribution in [0.2, 0.25) is 0 Å². The van der Waals surface area contributed by atoms with Gasteiger partial charge >= 0.3 is 0 Å². The van der Waals surface area contributed by atoms with E-state index in [2.05, 4.69) is 20.4 Å². The molecule has 0 saturated heterocycles. The molecule has 2 aromatic heterocycles. The van der Waals surface area contributed by atoms with Crippen LogP contribution in [0.5, 0.6) is 0 Å². The summed E-state index contributed by atoms with van der Waals surface area (Å²) in [7, 11) is 0. The highest BCUT2D eigenvalue weighted by Gasteiger charge is 2.17. The van der Waals surface area contributed by atoms with Crippen molar-refractivity contribution in [2.24, 2.45) is 0 Å². The zero-order valence-electron chi connectivity index (χ0n) is 10.5. The van der Waals surface area contributed by atoms with E-state index in [1.807, 2.05) is 20.8 Å². The Morgan fingerprint density at radius 2 is 2.22 bits per heavy atom. The molecule has 0 aromatic carbocycles. The maximum Gasteiger partial charge on any atom is 0.253 e. The molecule has 0 radical (unpaired) electrons. The summed E-state index contributed by atoms with van der Waals surface area (Å²) in [5.41, 5.74) is 0. The molecule has 0 aliphatic carbocycles. The second-order valence-electron chi connectivity index (χ2n) is 4.18. The van der Waals surface area contributed by atoms with Gasteiger partial charge in [0, 0.05) is 18.4 Å². The fourth-order valence-electron chi connectivity index (χ4n) is 1.38. The van der Waals surface area contributed by atoms with Crippen LogP contribution in [0, 0.1) is 0 Å². The highest BCUT2D eigenvalue weighted by Crippen LogP contribution is 2.19. The maximum absolute atomic E-state index is 11.8. The first-order chi connectivity index (χ1) is 8.56. The zero-order chi connectivity index (χ0) is 13.1. The third-order valence-corrected chi connectivity index (χ3v) is 3.13. The van der Waals surface area contributed by atoms with E-state index in [9.17, 15) is 4.79 Å². The van der Waals surface area contributed by atoms with E-state index in [0.29, 0.717) is 10.9 Å². The molecule has 0 aliphatic heterocycles. The monoisotopic (exact) mass is 265 g/mol. The van der Waals surface area contributed by atoms with Crippen molar-refractivity contribution in [3.05, 3.63) is 18.5 Å². The van der Waals surface area contributed by atoms with E-state index < -0.39 is 0 Å². The fourth-order valence-corrected chi connectivity index (χ4v) is 2.14. The highest BCUT2D eigenvalue weighted by molar-refractivity contribution is 8.00. The first kappa shape index (κ1) is 12.8. The Balaban J connectivity index is 2.06. The van der Waals surface area contributed by atoms with Crippen LogP contribution in [0.25, 0.3) is 5.78 Å². The number of amides is 1.